The van der Waals surface area contributed by atoms with Crippen LogP contribution in [0.15, 0.2) is 35.3 Å². The van der Waals surface area contributed by atoms with Crippen molar-refractivity contribution in [1.82, 2.24) is 10.2 Å². The fourth-order valence-electron chi connectivity index (χ4n) is 0.918. The van der Waals surface area contributed by atoms with Gasteiger partial charge in [0.15, 0.2) is 0 Å². The minimum absolute atomic E-state index is 0.524. The van der Waals surface area contributed by atoms with Crippen LogP contribution in [0.5, 0.6) is 0 Å². The van der Waals surface area contributed by atoms with E-state index in [9.17, 15) is 0 Å². The third kappa shape index (κ3) is 2.40. The molecule has 0 aromatic carbocycles. The largest absolute Gasteiger partial charge is 0.421 e. The van der Waals surface area contributed by atoms with Crippen molar-refractivity contribution in [3.05, 3.63) is 42.7 Å². The van der Waals surface area contributed by atoms with E-state index < -0.39 is 0 Å². The van der Waals surface area contributed by atoms with Crippen LogP contribution in [-0.2, 0) is 0 Å². The van der Waals surface area contributed by atoms with Crippen molar-refractivity contribution in [2.24, 2.45) is 0 Å². The molecule has 0 fully saturated rings. The van der Waals surface area contributed by atoms with E-state index in [1.807, 2.05) is 25.2 Å². The fourth-order valence-corrected chi connectivity index (χ4v) is 0.918. The van der Waals surface area contributed by atoms with E-state index in [2.05, 4.69) is 16.8 Å². The Balaban J connectivity index is 3.01. The summed E-state index contributed by atoms with van der Waals surface area (Å²) in [6.07, 6.45) is 7.32. The Hall–Kier alpha value is -1.64. The third-order valence-corrected chi connectivity index (χ3v) is 1.42. The van der Waals surface area contributed by atoms with Crippen molar-refractivity contribution in [3.63, 3.8) is 0 Å². The maximum atomic E-state index is 5.26. The van der Waals surface area contributed by atoms with Crippen LogP contribution in [0.2, 0.25) is 0 Å². The van der Waals surface area contributed by atoms with Gasteiger partial charge >= 0.3 is 0 Å². The molecule has 0 saturated heterocycles. The molecule has 13 heavy (non-hydrogen) atoms. The number of hydrogen-bond acceptors (Lipinski definition) is 3. The second-order valence-corrected chi connectivity index (χ2v) is 2.48. The van der Waals surface area contributed by atoms with Gasteiger partial charge < -0.3 is 4.42 Å². The Morgan fingerprint density at radius 1 is 1.46 bits per heavy atom. The average molecular weight is 176 g/mol. The van der Waals surface area contributed by atoms with Gasteiger partial charge in [0.1, 0.15) is 0 Å². The van der Waals surface area contributed by atoms with Crippen LogP contribution in [0.4, 0.5) is 0 Å². The Bertz CT molecular complexity index is 348. The van der Waals surface area contributed by atoms with Gasteiger partial charge in [-0.2, -0.15) is 0 Å². The smallest absolute Gasteiger partial charge is 0.247 e. The molecule has 0 saturated carbocycles. The lowest BCUT2D eigenvalue weighted by Crippen LogP contribution is -1.80. The molecule has 0 aliphatic carbocycles. The van der Waals surface area contributed by atoms with Gasteiger partial charge in [-0.25, -0.2) is 0 Å². The molecule has 0 spiro atoms. The first kappa shape index (κ1) is 9.45. The van der Waals surface area contributed by atoms with Crippen molar-refractivity contribution in [2.45, 2.75) is 13.8 Å². The molecular formula is C10H12N2O. The monoisotopic (exact) mass is 176 g/mol. The predicted octanol–water partition coefficient (Wildman–Crippen LogP) is 2.52. The van der Waals surface area contributed by atoms with Gasteiger partial charge in [-0.15, -0.1) is 10.2 Å². The van der Waals surface area contributed by atoms with E-state index in [1.54, 1.807) is 13.0 Å². The number of hydrogen-bond donors (Lipinski definition) is 0. The van der Waals surface area contributed by atoms with Gasteiger partial charge in [-0.3, -0.25) is 0 Å². The molecule has 0 unspecified atom stereocenters. The number of rotatable bonds is 3. The van der Waals surface area contributed by atoms with Crippen LogP contribution >= 0.6 is 0 Å². The Labute approximate surface area is 77.5 Å². The summed E-state index contributed by atoms with van der Waals surface area (Å²) < 4.78 is 5.26. The lowest BCUT2D eigenvalue weighted by molar-refractivity contribution is 0.507. The second-order valence-electron chi connectivity index (χ2n) is 2.48. The molecule has 1 aromatic heterocycles. The zero-order chi connectivity index (χ0) is 9.68. The summed E-state index contributed by atoms with van der Waals surface area (Å²) in [5, 5.41) is 7.65. The zero-order valence-corrected chi connectivity index (χ0v) is 7.82. The van der Waals surface area contributed by atoms with Gasteiger partial charge in [0.25, 0.3) is 0 Å². The quantitative estimate of drug-likeness (QED) is 0.664. The first-order valence-corrected chi connectivity index (χ1v) is 4.04. The van der Waals surface area contributed by atoms with Gasteiger partial charge in [-0.05, 0) is 6.92 Å². The van der Waals surface area contributed by atoms with E-state index in [4.69, 9.17) is 4.42 Å². The standard InChI is InChI=1S/C10H12N2O/c1-4-6-9(7-5-2)10-12-11-8(3)13-10/h4-7H,1H2,2-3H3. The van der Waals surface area contributed by atoms with Crippen LogP contribution in [-0.4, -0.2) is 10.2 Å². The van der Waals surface area contributed by atoms with Crippen LogP contribution in [0.3, 0.4) is 0 Å². The van der Waals surface area contributed by atoms with Crippen LogP contribution in [0.1, 0.15) is 18.7 Å². The maximum Gasteiger partial charge on any atom is 0.247 e. The Kier molecular flexibility index (Phi) is 3.20. The van der Waals surface area contributed by atoms with Gasteiger partial charge in [0.2, 0.25) is 11.8 Å². The lowest BCUT2D eigenvalue weighted by atomic mass is 10.2. The highest BCUT2D eigenvalue weighted by atomic mass is 16.4. The van der Waals surface area contributed by atoms with Crippen LogP contribution < -0.4 is 0 Å². The fraction of sp³-hybridized carbons (Fsp3) is 0.200. The number of nitrogens with zero attached hydrogens (tertiary/aromatic N) is 2. The zero-order valence-electron chi connectivity index (χ0n) is 7.82. The molecule has 0 amide bonds. The molecule has 0 atom stereocenters. The average Bonchev–Trinajstić information content (AvgIpc) is 2.51. The topological polar surface area (TPSA) is 38.9 Å². The van der Waals surface area contributed by atoms with E-state index in [1.165, 1.54) is 0 Å². The maximum absolute atomic E-state index is 5.26. The summed E-state index contributed by atoms with van der Waals surface area (Å²) >= 11 is 0. The molecule has 0 aliphatic heterocycles. The number of aromatic nitrogens is 2. The van der Waals surface area contributed by atoms with E-state index in [0.717, 1.165) is 5.57 Å². The second kappa shape index (κ2) is 4.40. The van der Waals surface area contributed by atoms with Crippen molar-refractivity contribution in [2.75, 3.05) is 0 Å². The number of aryl methyl sites for hydroxylation is 1. The summed E-state index contributed by atoms with van der Waals surface area (Å²) in [6.45, 7) is 7.31. The first-order chi connectivity index (χ1) is 6.27. The lowest BCUT2D eigenvalue weighted by Gasteiger charge is -1.91. The van der Waals surface area contributed by atoms with Crippen molar-refractivity contribution in [1.29, 1.82) is 0 Å². The molecule has 3 heteroatoms. The first-order valence-electron chi connectivity index (χ1n) is 4.04. The molecule has 0 N–H and O–H groups in total. The molecule has 1 heterocycles. The summed E-state index contributed by atoms with van der Waals surface area (Å²) in [6, 6.07) is 0. The van der Waals surface area contributed by atoms with Crippen molar-refractivity contribution >= 4 is 5.57 Å². The van der Waals surface area contributed by atoms with Crippen LogP contribution in [0, 0.1) is 6.92 Å². The summed E-state index contributed by atoms with van der Waals surface area (Å²) in [7, 11) is 0. The molecule has 0 radical (unpaired) electrons. The Morgan fingerprint density at radius 3 is 2.69 bits per heavy atom. The van der Waals surface area contributed by atoms with Gasteiger partial charge in [0, 0.05) is 12.5 Å². The predicted molar refractivity (Wildman–Crippen MR) is 52.0 cm³/mol. The van der Waals surface area contributed by atoms with Gasteiger partial charge in [0.05, 0.1) is 0 Å². The van der Waals surface area contributed by atoms with Crippen LogP contribution in [0.25, 0.3) is 5.57 Å². The van der Waals surface area contributed by atoms with E-state index in [0.29, 0.717) is 11.8 Å². The molecule has 1 rings (SSSR count). The summed E-state index contributed by atoms with van der Waals surface area (Å²) in [5.41, 5.74) is 0.873. The minimum atomic E-state index is 0.524. The molecular weight excluding hydrogens is 164 g/mol. The molecule has 1 aromatic rings. The highest BCUT2D eigenvalue weighted by molar-refractivity contribution is 5.69. The summed E-state index contributed by atoms with van der Waals surface area (Å²) in [4.78, 5) is 0. The molecule has 68 valence electrons. The highest BCUT2D eigenvalue weighted by Crippen LogP contribution is 2.13. The van der Waals surface area contributed by atoms with E-state index >= 15 is 0 Å². The molecule has 3 nitrogen and oxygen atoms in total. The normalized spacial score (nSPS) is 12.3. The van der Waals surface area contributed by atoms with E-state index in [-0.39, 0.29) is 0 Å². The highest BCUT2D eigenvalue weighted by Gasteiger charge is 2.04. The van der Waals surface area contributed by atoms with Crippen molar-refractivity contribution in [3.8, 4) is 0 Å². The van der Waals surface area contributed by atoms with Crippen molar-refractivity contribution < 1.29 is 4.42 Å². The molecule has 0 bridgehead atoms. The summed E-state index contributed by atoms with van der Waals surface area (Å²) in [5.74, 6) is 1.09. The minimum Gasteiger partial charge on any atom is -0.421 e. The third-order valence-electron chi connectivity index (χ3n) is 1.42. The molecule has 0 aliphatic rings. The van der Waals surface area contributed by atoms with Gasteiger partial charge in [-0.1, -0.05) is 30.9 Å². The Morgan fingerprint density at radius 2 is 2.23 bits per heavy atom. The number of allylic oxidation sites excluding steroid dienone is 5. The SMILES string of the molecule is C=CC=C(C=CC)c1nnc(C)o1.